The molecule has 1 aliphatic carbocycles. The highest BCUT2D eigenvalue weighted by Crippen LogP contribution is 2.42. The van der Waals surface area contributed by atoms with Crippen LogP contribution in [0.2, 0.25) is 0 Å². The monoisotopic (exact) mass is 179 g/mol. The molecular formula is C12H21N. The molecule has 0 bridgehead atoms. The first-order valence-corrected chi connectivity index (χ1v) is 5.73. The van der Waals surface area contributed by atoms with E-state index in [2.05, 4.69) is 18.3 Å². The summed E-state index contributed by atoms with van der Waals surface area (Å²) in [7, 11) is 0. The third-order valence-electron chi connectivity index (χ3n) is 3.92. The van der Waals surface area contributed by atoms with Gasteiger partial charge in [0, 0.05) is 0 Å². The Bertz CT molecular complexity index is 199. The molecule has 74 valence electrons. The van der Waals surface area contributed by atoms with Crippen molar-refractivity contribution in [2.75, 3.05) is 13.1 Å². The summed E-state index contributed by atoms with van der Waals surface area (Å²) in [5.41, 5.74) is 2.40. The zero-order valence-electron chi connectivity index (χ0n) is 8.73. The van der Waals surface area contributed by atoms with Gasteiger partial charge >= 0.3 is 0 Å². The summed E-state index contributed by atoms with van der Waals surface area (Å²) >= 11 is 0. The van der Waals surface area contributed by atoms with E-state index in [1.54, 1.807) is 5.57 Å². The first-order valence-electron chi connectivity index (χ1n) is 5.73. The zero-order chi connectivity index (χ0) is 9.15. The van der Waals surface area contributed by atoms with Crippen LogP contribution in [0.3, 0.4) is 0 Å². The first-order chi connectivity index (χ1) is 6.35. The Kier molecular flexibility index (Phi) is 2.73. The van der Waals surface area contributed by atoms with Gasteiger partial charge in [0.1, 0.15) is 0 Å². The summed E-state index contributed by atoms with van der Waals surface area (Å²) in [5, 5.41) is 3.46. The lowest BCUT2D eigenvalue weighted by atomic mass is 9.69. The summed E-state index contributed by atoms with van der Waals surface area (Å²) in [6.45, 7) is 4.77. The largest absolute Gasteiger partial charge is 0.317 e. The van der Waals surface area contributed by atoms with Gasteiger partial charge in [-0.05, 0) is 57.0 Å². The summed E-state index contributed by atoms with van der Waals surface area (Å²) in [5.74, 6) is 0. The molecule has 1 fully saturated rings. The maximum Gasteiger partial charge on any atom is -0.00435 e. The van der Waals surface area contributed by atoms with Gasteiger partial charge < -0.3 is 5.32 Å². The van der Waals surface area contributed by atoms with Crippen molar-refractivity contribution < 1.29 is 0 Å². The topological polar surface area (TPSA) is 12.0 Å². The van der Waals surface area contributed by atoms with Gasteiger partial charge in [-0.25, -0.2) is 0 Å². The van der Waals surface area contributed by atoms with Crippen molar-refractivity contribution >= 4 is 0 Å². The van der Waals surface area contributed by atoms with Crippen molar-refractivity contribution in [2.45, 2.75) is 45.4 Å². The third kappa shape index (κ3) is 1.96. The maximum atomic E-state index is 3.46. The predicted octanol–water partition coefficient (Wildman–Crippen LogP) is 2.88. The van der Waals surface area contributed by atoms with E-state index in [0.29, 0.717) is 5.41 Å². The highest BCUT2D eigenvalue weighted by molar-refractivity contribution is 5.09. The standard InChI is InChI=1S/C12H21N/c1-2-11-3-5-12(6-4-11)7-9-13-10-8-12/h3,13H,2,4-10H2,1H3. The molecule has 2 rings (SSSR count). The molecule has 1 N–H and O–H groups in total. The smallest absolute Gasteiger partial charge is 0.00435 e. The van der Waals surface area contributed by atoms with Crippen molar-refractivity contribution in [1.82, 2.24) is 5.32 Å². The second kappa shape index (κ2) is 3.83. The minimum atomic E-state index is 0.698. The molecule has 1 heteroatoms. The summed E-state index contributed by atoms with van der Waals surface area (Å²) < 4.78 is 0. The molecule has 0 atom stereocenters. The van der Waals surface area contributed by atoms with Gasteiger partial charge in [-0.1, -0.05) is 18.6 Å². The van der Waals surface area contributed by atoms with Crippen molar-refractivity contribution in [1.29, 1.82) is 0 Å². The van der Waals surface area contributed by atoms with E-state index in [1.165, 1.54) is 51.6 Å². The molecular weight excluding hydrogens is 158 g/mol. The summed E-state index contributed by atoms with van der Waals surface area (Å²) in [4.78, 5) is 0. The van der Waals surface area contributed by atoms with E-state index in [4.69, 9.17) is 0 Å². The van der Waals surface area contributed by atoms with Gasteiger partial charge in [-0.3, -0.25) is 0 Å². The number of allylic oxidation sites excluding steroid dienone is 2. The lowest BCUT2D eigenvalue weighted by molar-refractivity contribution is 0.178. The average molecular weight is 179 g/mol. The van der Waals surface area contributed by atoms with Crippen molar-refractivity contribution in [3.63, 3.8) is 0 Å². The van der Waals surface area contributed by atoms with E-state index in [0.717, 1.165) is 0 Å². The van der Waals surface area contributed by atoms with Gasteiger partial charge in [0.25, 0.3) is 0 Å². The molecule has 0 aromatic heterocycles. The molecule has 0 radical (unpaired) electrons. The molecule has 0 aromatic carbocycles. The quantitative estimate of drug-likeness (QED) is 0.610. The van der Waals surface area contributed by atoms with Crippen LogP contribution >= 0.6 is 0 Å². The molecule has 1 saturated heterocycles. The molecule has 1 nitrogen and oxygen atoms in total. The van der Waals surface area contributed by atoms with Gasteiger partial charge in [-0.2, -0.15) is 0 Å². The fourth-order valence-electron chi connectivity index (χ4n) is 2.72. The fraction of sp³-hybridized carbons (Fsp3) is 0.833. The van der Waals surface area contributed by atoms with Crippen LogP contribution in [0.25, 0.3) is 0 Å². The highest BCUT2D eigenvalue weighted by Gasteiger charge is 2.32. The average Bonchev–Trinajstić information content (AvgIpc) is 2.20. The number of hydrogen-bond donors (Lipinski definition) is 1. The van der Waals surface area contributed by atoms with E-state index >= 15 is 0 Å². The highest BCUT2D eigenvalue weighted by atomic mass is 14.9. The van der Waals surface area contributed by atoms with E-state index in [1.807, 2.05) is 0 Å². The Morgan fingerprint density at radius 1 is 1.31 bits per heavy atom. The molecule has 0 unspecified atom stereocenters. The van der Waals surface area contributed by atoms with Crippen LogP contribution in [0.4, 0.5) is 0 Å². The Morgan fingerprint density at radius 3 is 2.62 bits per heavy atom. The molecule has 1 spiro atoms. The third-order valence-corrected chi connectivity index (χ3v) is 3.92. The normalized spacial score (nSPS) is 27.3. The van der Waals surface area contributed by atoms with Crippen LogP contribution < -0.4 is 5.32 Å². The molecule has 0 amide bonds. The first kappa shape index (κ1) is 9.26. The van der Waals surface area contributed by atoms with Gasteiger partial charge in [0.2, 0.25) is 0 Å². The van der Waals surface area contributed by atoms with E-state index < -0.39 is 0 Å². The van der Waals surface area contributed by atoms with Gasteiger partial charge in [0.05, 0.1) is 0 Å². The molecule has 2 aliphatic rings. The second-order valence-corrected chi connectivity index (χ2v) is 4.67. The van der Waals surface area contributed by atoms with Crippen LogP contribution in [0.1, 0.15) is 45.4 Å². The molecule has 0 aromatic rings. The Hall–Kier alpha value is -0.300. The van der Waals surface area contributed by atoms with Crippen LogP contribution in [-0.4, -0.2) is 13.1 Å². The minimum absolute atomic E-state index is 0.698. The van der Waals surface area contributed by atoms with Gasteiger partial charge in [0.15, 0.2) is 0 Å². The molecule has 1 heterocycles. The SMILES string of the molecule is CCC1=CCC2(CCNCC2)CC1. The van der Waals surface area contributed by atoms with Crippen molar-refractivity contribution in [3.8, 4) is 0 Å². The number of nitrogens with one attached hydrogen (secondary N) is 1. The lowest BCUT2D eigenvalue weighted by Crippen LogP contribution is -2.37. The minimum Gasteiger partial charge on any atom is -0.317 e. The lowest BCUT2D eigenvalue weighted by Gasteiger charge is -2.40. The molecule has 13 heavy (non-hydrogen) atoms. The fourth-order valence-corrected chi connectivity index (χ4v) is 2.72. The Balaban J connectivity index is 1.98. The van der Waals surface area contributed by atoms with E-state index in [9.17, 15) is 0 Å². The predicted molar refractivity (Wildman–Crippen MR) is 56.8 cm³/mol. The molecule has 1 aliphatic heterocycles. The number of hydrogen-bond acceptors (Lipinski definition) is 1. The van der Waals surface area contributed by atoms with Crippen LogP contribution in [-0.2, 0) is 0 Å². The van der Waals surface area contributed by atoms with Crippen LogP contribution in [0, 0.1) is 5.41 Å². The van der Waals surface area contributed by atoms with E-state index in [-0.39, 0.29) is 0 Å². The summed E-state index contributed by atoms with van der Waals surface area (Å²) in [6, 6.07) is 0. The summed E-state index contributed by atoms with van der Waals surface area (Å²) in [6.07, 6.45) is 10.8. The van der Waals surface area contributed by atoms with Crippen LogP contribution in [0.5, 0.6) is 0 Å². The van der Waals surface area contributed by atoms with Crippen LogP contribution in [0.15, 0.2) is 11.6 Å². The van der Waals surface area contributed by atoms with Crippen molar-refractivity contribution in [2.24, 2.45) is 5.41 Å². The Morgan fingerprint density at radius 2 is 2.08 bits per heavy atom. The zero-order valence-corrected chi connectivity index (χ0v) is 8.73. The number of piperidine rings is 1. The van der Waals surface area contributed by atoms with Gasteiger partial charge in [-0.15, -0.1) is 0 Å². The number of rotatable bonds is 1. The second-order valence-electron chi connectivity index (χ2n) is 4.67. The Labute approximate surface area is 81.6 Å². The van der Waals surface area contributed by atoms with Crippen molar-refractivity contribution in [3.05, 3.63) is 11.6 Å². The maximum absolute atomic E-state index is 3.46. The molecule has 0 saturated carbocycles.